The third-order valence-corrected chi connectivity index (χ3v) is 6.38. The Morgan fingerprint density at radius 1 is 1.00 bits per heavy atom. The number of piperazine rings is 1. The number of anilines is 2. The average molecular weight is 408 g/mol. The standard InChI is InChI=1S/C22H29N3S2/c1-3-26-18-9-10-22-20(17-18)25(19-7-4-5-8-21(19)27-22)12-6-11-24-15-13-23(2)14-16-24/h4-5,7-10,17H,3,6,11-16H2,1-2H3/i13D2,14D2,15D2,16D2. The van der Waals surface area contributed by atoms with Crippen LogP contribution in [0.15, 0.2) is 57.2 Å². The fraction of sp³-hybridized carbons (Fsp3) is 0.455. The van der Waals surface area contributed by atoms with Crippen LogP contribution >= 0.6 is 23.5 Å². The highest BCUT2D eigenvalue weighted by Crippen LogP contribution is 2.48. The van der Waals surface area contributed by atoms with Crippen LogP contribution < -0.4 is 4.90 Å². The van der Waals surface area contributed by atoms with Gasteiger partial charge in [-0.3, -0.25) is 0 Å². The normalized spacial score (nSPS) is 29.5. The number of para-hydroxylation sites is 1. The van der Waals surface area contributed by atoms with Gasteiger partial charge in [-0.15, -0.1) is 11.8 Å². The molecule has 2 aliphatic rings. The van der Waals surface area contributed by atoms with E-state index in [1.54, 1.807) is 23.5 Å². The minimum absolute atomic E-state index is 0.155. The van der Waals surface area contributed by atoms with E-state index >= 15 is 0 Å². The van der Waals surface area contributed by atoms with Crippen LogP contribution in [0.1, 0.15) is 24.3 Å². The molecule has 0 atom stereocenters. The van der Waals surface area contributed by atoms with Gasteiger partial charge in [0.2, 0.25) is 0 Å². The first-order valence-electron chi connectivity index (χ1n) is 13.1. The maximum Gasteiger partial charge on any atom is 0.0564 e. The number of hydrogen-bond acceptors (Lipinski definition) is 5. The number of benzene rings is 2. The summed E-state index contributed by atoms with van der Waals surface area (Å²) in [4.78, 5) is 6.72. The van der Waals surface area contributed by atoms with Crippen LogP contribution in [0.2, 0.25) is 0 Å². The molecule has 0 unspecified atom stereocenters. The summed E-state index contributed by atoms with van der Waals surface area (Å²) in [5.74, 6) is 0.945. The molecule has 2 heterocycles. The van der Waals surface area contributed by atoms with Crippen molar-refractivity contribution in [1.29, 1.82) is 0 Å². The number of rotatable bonds is 6. The van der Waals surface area contributed by atoms with Crippen molar-refractivity contribution in [2.75, 3.05) is 56.8 Å². The molecule has 27 heavy (non-hydrogen) atoms. The number of likely N-dealkylation sites (N-methyl/N-ethyl adjacent to an activating group) is 1. The molecule has 1 fully saturated rings. The highest BCUT2D eigenvalue weighted by atomic mass is 32.2. The van der Waals surface area contributed by atoms with E-state index in [0.29, 0.717) is 17.9 Å². The molecule has 5 heteroatoms. The predicted molar refractivity (Wildman–Crippen MR) is 119 cm³/mol. The first-order chi connectivity index (χ1) is 16.3. The Kier molecular flexibility index (Phi) is 3.88. The average Bonchev–Trinajstić information content (AvgIpc) is 2.79. The molecule has 0 aromatic heterocycles. The summed E-state index contributed by atoms with van der Waals surface area (Å²) in [6.07, 6.45) is 0.304. The maximum atomic E-state index is 8.43. The van der Waals surface area contributed by atoms with Crippen molar-refractivity contribution in [3.05, 3.63) is 42.5 Å². The molecular formula is C22H29N3S2. The molecule has 2 aliphatic heterocycles. The first kappa shape index (κ1) is 11.8. The monoisotopic (exact) mass is 407 g/mol. The molecular weight excluding hydrogens is 370 g/mol. The Balaban J connectivity index is 1.63. The van der Waals surface area contributed by atoms with Gasteiger partial charge in [0, 0.05) is 58.2 Å². The first-order valence-corrected chi connectivity index (χ1v) is 10.9. The van der Waals surface area contributed by atoms with Crippen molar-refractivity contribution in [2.24, 2.45) is 0 Å². The second-order valence-corrected chi connectivity index (χ2v) is 8.72. The molecule has 0 radical (unpaired) electrons. The number of nitrogens with zero attached hydrogens (tertiary/aromatic N) is 3. The summed E-state index contributed by atoms with van der Waals surface area (Å²) in [7, 11) is 1.08. The number of hydrogen-bond donors (Lipinski definition) is 0. The van der Waals surface area contributed by atoms with Crippen LogP contribution in [0.5, 0.6) is 0 Å². The van der Waals surface area contributed by atoms with Gasteiger partial charge < -0.3 is 14.7 Å². The van der Waals surface area contributed by atoms with Gasteiger partial charge >= 0.3 is 0 Å². The maximum absolute atomic E-state index is 8.43. The summed E-state index contributed by atoms with van der Waals surface area (Å²) in [6, 6.07) is 14.3. The molecule has 0 spiro atoms. The molecule has 3 nitrogen and oxygen atoms in total. The molecule has 0 bridgehead atoms. The van der Waals surface area contributed by atoms with Gasteiger partial charge in [-0.25, -0.2) is 0 Å². The second-order valence-electron chi connectivity index (χ2n) is 6.30. The van der Waals surface area contributed by atoms with Crippen LogP contribution in [0.25, 0.3) is 0 Å². The van der Waals surface area contributed by atoms with E-state index in [1.165, 1.54) is 0 Å². The zero-order valence-electron chi connectivity index (χ0n) is 23.5. The van der Waals surface area contributed by atoms with Crippen LogP contribution in [0, 0.1) is 0 Å². The lowest BCUT2D eigenvalue weighted by atomic mass is 10.2. The summed E-state index contributed by atoms with van der Waals surface area (Å²) in [5.41, 5.74) is 2.04. The Morgan fingerprint density at radius 3 is 2.59 bits per heavy atom. The Morgan fingerprint density at radius 2 is 1.78 bits per heavy atom. The third-order valence-electron chi connectivity index (χ3n) is 4.38. The quantitative estimate of drug-likeness (QED) is 0.619. The van der Waals surface area contributed by atoms with Crippen LogP contribution in [-0.4, -0.2) is 61.7 Å². The van der Waals surface area contributed by atoms with Crippen LogP contribution in [0.3, 0.4) is 0 Å². The van der Waals surface area contributed by atoms with Crippen LogP contribution in [-0.2, 0) is 0 Å². The van der Waals surface area contributed by atoms with Crippen molar-refractivity contribution in [1.82, 2.24) is 9.80 Å². The van der Waals surface area contributed by atoms with Gasteiger partial charge in [0.15, 0.2) is 0 Å². The Hall–Kier alpha value is -1.14. The fourth-order valence-corrected chi connectivity index (χ4v) is 4.90. The molecule has 0 N–H and O–H groups in total. The summed E-state index contributed by atoms with van der Waals surface area (Å²) < 4.78 is 66.7. The third kappa shape index (κ3) is 4.48. The minimum atomic E-state index is -2.74. The molecule has 0 aliphatic carbocycles. The van der Waals surface area contributed by atoms with Gasteiger partial charge in [-0.1, -0.05) is 30.8 Å². The molecule has 1 saturated heterocycles. The lowest BCUT2D eigenvalue weighted by Crippen LogP contribution is -2.45. The van der Waals surface area contributed by atoms with Crippen molar-refractivity contribution in [3.63, 3.8) is 0 Å². The largest absolute Gasteiger partial charge is 0.340 e. The zero-order valence-corrected chi connectivity index (χ0v) is 17.2. The second kappa shape index (κ2) is 8.91. The van der Waals surface area contributed by atoms with E-state index in [0.717, 1.165) is 43.8 Å². The zero-order chi connectivity index (χ0) is 25.8. The van der Waals surface area contributed by atoms with Crippen LogP contribution in [0.4, 0.5) is 11.4 Å². The van der Waals surface area contributed by atoms with Gasteiger partial charge in [0.25, 0.3) is 0 Å². The Bertz CT molecular complexity index is 1070. The van der Waals surface area contributed by atoms with Crippen molar-refractivity contribution in [2.45, 2.75) is 28.0 Å². The van der Waals surface area contributed by atoms with Gasteiger partial charge in [-0.05, 0) is 56.1 Å². The van der Waals surface area contributed by atoms with Crippen molar-refractivity contribution in [3.8, 4) is 0 Å². The van der Waals surface area contributed by atoms with E-state index in [-0.39, 0.29) is 6.54 Å². The molecule has 0 saturated carbocycles. The SMILES string of the molecule is [2H]C1([2H])N(C)C([2H])([2H])C([2H])([2H])N(CCCN2c3ccccc3Sc3ccc(SCC)cc32)C1([2H])[2H]. The molecule has 2 aromatic rings. The van der Waals surface area contributed by atoms with Gasteiger partial charge in [0.05, 0.1) is 11.4 Å². The van der Waals surface area contributed by atoms with E-state index in [2.05, 4.69) is 30.0 Å². The van der Waals surface area contributed by atoms with Crippen molar-refractivity contribution < 1.29 is 11.0 Å². The predicted octanol–water partition coefficient (Wildman–Crippen LogP) is 5.04. The minimum Gasteiger partial charge on any atom is -0.340 e. The highest BCUT2D eigenvalue weighted by Gasteiger charge is 2.23. The molecule has 2 aromatic carbocycles. The fourth-order valence-electron chi connectivity index (χ4n) is 3.13. The highest BCUT2D eigenvalue weighted by molar-refractivity contribution is 8.00. The lowest BCUT2D eigenvalue weighted by molar-refractivity contribution is 0.153. The van der Waals surface area contributed by atoms with E-state index in [9.17, 15) is 0 Å². The summed E-state index contributed by atoms with van der Waals surface area (Å²) >= 11 is 3.43. The van der Waals surface area contributed by atoms with Crippen molar-refractivity contribution >= 4 is 34.9 Å². The lowest BCUT2D eigenvalue weighted by Gasteiger charge is -2.35. The molecule has 144 valence electrons. The van der Waals surface area contributed by atoms with Gasteiger partial charge in [0.1, 0.15) is 0 Å². The molecule has 0 amide bonds. The van der Waals surface area contributed by atoms with E-state index in [4.69, 9.17) is 11.0 Å². The number of fused-ring (bicyclic) bond motifs is 2. The summed E-state index contributed by atoms with van der Waals surface area (Å²) in [5, 5.41) is 0. The molecule has 4 rings (SSSR count). The van der Waals surface area contributed by atoms with E-state index in [1.807, 2.05) is 24.3 Å². The number of thioether (sulfide) groups is 1. The van der Waals surface area contributed by atoms with E-state index < -0.39 is 26.0 Å². The van der Waals surface area contributed by atoms with Gasteiger partial charge in [-0.2, -0.15) is 0 Å². The Labute approximate surface area is 183 Å². The topological polar surface area (TPSA) is 9.72 Å². The smallest absolute Gasteiger partial charge is 0.0564 e. The summed E-state index contributed by atoms with van der Waals surface area (Å²) in [6.45, 7) is -8.55.